The van der Waals surface area contributed by atoms with E-state index in [9.17, 15) is 19.1 Å². The molecule has 1 unspecified atom stereocenters. The van der Waals surface area contributed by atoms with Crippen LogP contribution in [-0.4, -0.2) is 27.7 Å². The van der Waals surface area contributed by atoms with Crippen molar-refractivity contribution in [1.29, 1.82) is 0 Å². The highest BCUT2D eigenvalue weighted by molar-refractivity contribution is 6.31. The van der Waals surface area contributed by atoms with Crippen molar-refractivity contribution in [2.24, 2.45) is 0 Å². The zero-order valence-electron chi connectivity index (χ0n) is 16.5. The topological polar surface area (TPSA) is 70.8 Å². The molecule has 1 aliphatic carbocycles. The van der Waals surface area contributed by atoms with Gasteiger partial charge in [-0.05, 0) is 43.2 Å². The number of nitrogens with zero attached hydrogens (tertiary/aromatic N) is 1. The quantitative estimate of drug-likeness (QED) is 0.526. The molecule has 1 N–H and O–H groups in total. The summed E-state index contributed by atoms with van der Waals surface area (Å²) in [7, 11) is 0. The van der Waals surface area contributed by atoms with E-state index in [4.69, 9.17) is 16.0 Å². The molecule has 2 aromatic carbocycles. The van der Waals surface area contributed by atoms with Gasteiger partial charge in [-0.2, -0.15) is 0 Å². The average molecular weight is 440 g/mol. The van der Waals surface area contributed by atoms with Gasteiger partial charge in [0.1, 0.15) is 11.4 Å². The van der Waals surface area contributed by atoms with Gasteiger partial charge in [0, 0.05) is 22.0 Å². The minimum absolute atomic E-state index is 0.0405. The number of Topliss-reactive ketones (excluding diaryl/α,β-unsaturated/α-hetero) is 1. The SMILES string of the molecule is O=C(C1=C(O)C(=O)N(C2CCCC2)C1c1ccccc1F)c1cc2cc(Cl)ccc2o1. The number of carbonyl (C=O) groups excluding carboxylic acids is 2. The molecule has 2 heterocycles. The second kappa shape index (κ2) is 7.54. The summed E-state index contributed by atoms with van der Waals surface area (Å²) in [4.78, 5) is 28.0. The normalized spacial score (nSPS) is 19.7. The Bertz CT molecular complexity index is 1240. The molecular formula is C24H19ClFNO4. The summed E-state index contributed by atoms with van der Waals surface area (Å²) in [5.74, 6) is -2.53. The molecule has 0 radical (unpaired) electrons. The fraction of sp³-hybridized carbons (Fsp3) is 0.250. The lowest BCUT2D eigenvalue weighted by Gasteiger charge is -2.32. The third-order valence-corrected chi connectivity index (χ3v) is 6.34. The van der Waals surface area contributed by atoms with E-state index >= 15 is 0 Å². The molecule has 1 aliphatic heterocycles. The molecule has 0 bridgehead atoms. The van der Waals surface area contributed by atoms with Gasteiger partial charge in [-0.1, -0.05) is 42.6 Å². The minimum atomic E-state index is -1.01. The van der Waals surface area contributed by atoms with E-state index in [2.05, 4.69) is 0 Å². The van der Waals surface area contributed by atoms with Crippen LogP contribution in [0, 0.1) is 5.82 Å². The zero-order chi connectivity index (χ0) is 21.7. The van der Waals surface area contributed by atoms with Crippen LogP contribution >= 0.6 is 11.6 Å². The van der Waals surface area contributed by atoms with E-state index in [-0.39, 0.29) is 22.9 Å². The molecule has 1 saturated carbocycles. The number of ketones is 1. The van der Waals surface area contributed by atoms with Gasteiger partial charge in [-0.25, -0.2) is 4.39 Å². The lowest BCUT2D eigenvalue weighted by Crippen LogP contribution is -2.39. The number of rotatable bonds is 4. The Labute approximate surface area is 182 Å². The molecule has 0 saturated heterocycles. The van der Waals surface area contributed by atoms with E-state index in [0.717, 1.165) is 25.7 Å². The fourth-order valence-corrected chi connectivity index (χ4v) is 4.86. The van der Waals surface area contributed by atoms with Gasteiger partial charge in [0.25, 0.3) is 5.91 Å². The van der Waals surface area contributed by atoms with Crippen molar-refractivity contribution < 1.29 is 23.5 Å². The molecule has 3 aromatic rings. The van der Waals surface area contributed by atoms with Gasteiger partial charge in [-0.3, -0.25) is 9.59 Å². The van der Waals surface area contributed by atoms with Crippen molar-refractivity contribution in [2.45, 2.75) is 37.8 Å². The number of aliphatic hydroxyl groups is 1. The Morgan fingerprint density at radius 2 is 1.87 bits per heavy atom. The summed E-state index contributed by atoms with van der Waals surface area (Å²) in [5, 5.41) is 11.9. The zero-order valence-corrected chi connectivity index (χ0v) is 17.2. The molecule has 1 atom stereocenters. The van der Waals surface area contributed by atoms with Crippen LogP contribution in [0.15, 0.2) is 64.3 Å². The Balaban J connectivity index is 1.64. The van der Waals surface area contributed by atoms with E-state index < -0.39 is 29.3 Å². The largest absolute Gasteiger partial charge is 0.503 e. The molecular weight excluding hydrogens is 421 g/mol. The first-order valence-electron chi connectivity index (χ1n) is 10.2. The van der Waals surface area contributed by atoms with Crippen LogP contribution in [0.2, 0.25) is 5.02 Å². The molecule has 7 heteroatoms. The first kappa shape index (κ1) is 19.8. The maximum absolute atomic E-state index is 14.8. The molecule has 2 aliphatic rings. The van der Waals surface area contributed by atoms with Crippen LogP contribution in [0.3, 0.4) is 0 Å². The number of benzene rings is 2. The van der Waals surface area contributed by atoms with Crippen LogP contribution in [0.25, 0.3) is 11.0 Å². The molecule has 158 valence electrons. The lowest BCUT2D eigenvalue weighted by molar-refractivity contribution is -0.131. The van der Waals surface area contributed by atoms with Gasteiger partial charge >= 0.3 is 0 Å². The lowest BCUT2D eigenvalue weighted by atomic mass is 9.93. The first-order valence-corrected chi connectivity index (χ1v) is 10.6. The van der Waals surface area contributed by atoms with Gasteiger partial charge in [0.2, 0.25) is 5.78 Å². The summed E-state index contributed by atoms with van der Waals surface area (Å²) in [6, 6.07) is 11.3. The van der Waals surface area contributed by atoms with Gasteiger partial charge in [-0.15, -0.1) is 0 Å². The number of carbonyl (C=O) groups is 2. The standard InChI is InChI=1S/C24H19ClFNO4/c25-14-9-10-18-13(11-14)12-19(31-18)22(28)20-21(16-7-3-4-8-17(16)26)27(24(30)23(20)29)15-5-1-2-6-15/h3-4,7-12,15,21,29H,1-2,5-6H2. The predicted octanol–water partition coefficient (Wildman–Crippen LogP) is 5.75. The molecule has 1 amide bonds. The van der Waals surface area contributed by atoms with E-state index in [1.54, 1.807) is 36.4 Å². The monoisotopic (exact) mass is 439 g/mol. The molecule has 5 rings (SSSR count). The predicted molar refractivity (Wildman–Crippen MR) is 113 cm³/mol. The van der Waals surface area contributed by atoms with Crippen molar-refractivity contribution in [3.05, 3.63) is 82.0 Å². The Morgan fingerprint density at radius 3 is 2.61 bits per heavy atom. The second-order valence-corrected chi connectivity index (χ2v) is 8.40. The number of halogens is 2. The minimum Gasteiger partial charge on any atom is -0.503 e. The van der Waals surface area contributed by atoms with E-state index in [1.165, 1.54) is 17.0 Å². The van der Waals surface area contributed by atoms with Crippen LogP contribution < -0.4 is 0 Å². The van der Waals surface area contributed by atoms with Crippen molar-refractivity contribution in [3.63, 3.8) is 0 Å². The number of amides is 1. The number of hydrogen-bond donors (Lipinski definition) is 1. The average Bonchev–Trinajstić information content (AvgIpc) is 3.47. The summed E-state index contributed by atoms with van der Waals surface area (Å²) < 4.78 is 20.5. The molecule has 31 heavy (non-hydrogen) atoms. The van der Waals surface area contributed by atoms with Crippen LogP contribution in [0.4, 0.5) is 4.39 Å². The maximum Gasteiger partial charge on any atom is 0.290 e. The Hall–Kier alpha value is -3.12. The van der Waals surface area contributed by atoms with Crippen molar-refractivity contribution in [1.82, 2.24) is 4.90 Å². The third-order valence-electron chi connectivity index (χ3n) is 6.11. The van der Waals surface area contributed by atoms with E-state index in [1.807, 2.05) is 0 Å². The van der Waals surface area contributed by atoms with Crippen molar-refractivity contribution >= 4 is 34.3 Å². The van der Waals surface area contributed by atoms with Crippen LogP contribution in [0.5, 0.6) is 0 Å². The highest BCUT2D eigenvalue weighted by Gasteiger charge is 2.48. The second-order valence-electron chi connectivity index (χ2n) is 7.96. The summed E-state index contributed by atoms with van der Waals surface area (Å²) in [5.41, 5.74) is 0.466. The summed E-state index contributed by atoms with van der Waals surface area (Å²) in [6.45, 7) is 0. The van der Waals surface area contributed by atoms with Gasteiger partial charge in [0.05, 0.1) is 11.6 Å². The number of fused-ring (bicyclic) bond motifs is 1. The Morgan fingerprint density at radius 1 is 1.13 bits per heavy atom. The highest BCUT2D eigenvalue weighted by atomic mass is 35.5. The number of aliphatic hydroxyl groups excluding tert-OH is 1. The fourth-order valence-electron chi connectivity index (χ4n) is 4.68. The third kappa shape index (κ3) is 3.22. The summed E-state index contributed by atoms with van der Waals surface area (Å²) >= 11 is 6.02. The molecule has 5 nitrogen and oxygen atoms in total. The van der Waals surface area contributed by atoms with Crippen LogP contribution in [-0.2, 0) is 4.79 Å². The van der Waals surface area contributed by atoms with Gasteiger partial charge in [0.15, 0.2) is 11.5 Å². The molecule has 1 aromatic heterocycles. The number of furan rings is 1. The van der Waals surface area contributed by atoms with E-state index in [0.29, 0.717) is 16.0 Å². The summed E-state index contributed by atoms with van der Waals surface area (Å²) in [6.07, 6.45) is 3.36. The van der Waals surface area contributed by atoms with Crippen molar-refractivity contribution in [3.8, 4) is 0 Å². The van der Waals surface area contributed by atoms with Gasteiger partial charge < -0.3 is 14.4 Å². The van der Waals surface area contributed by atoms with Crippen molar-refractivity contribution in [2.75, 3.05) is 0 Å². The molecule has 1 fully saturated rings. The number of hydrogen-bond acceptors (Lipinski definition) is 4. The smallest absolute Gasteiger partial charge is 0.290 e. The first-order chi connectivity index (χ1) is 15.0. The highest BCUT2D eigenvalue weighted by Crippen LogP contribution is 2.44. The van der Waals surface area contributed by atoms with Crippen LogP contribution in [0.1, 0.15) is 47.8 Å². The maximum atomic E-state index is 14.8. The molecule has 0 spiro atoms. The Kier molecular flexibility index (Phi) is 4.82.